The van der Waals surface area contributed by atoms with Crippen molar-refractivity contribution in [1.29, 1.82) is 0 Å². The van der Waals surface area contributed by atoms with Crippen LogP contribution in [0, 0.1) is 0 Å². The number of benzene rings is 2. The average Bonchev–Trinajstić information content (AvgIpc) is 2.56. The summed E-state index contributed by atoms with van der Waals surface area (Å²) in [5.41, 5.74) is 3.36. The maximum atomic E-state index is 12.3. The van der Waals surface area contributed by atoms with Crippen LogP contribution in [0.25, 0.3) is 0 Å². The molecule has 0 aromatic heterocycles. The molecule has 1 N–H and O–H groups in total. The maximum absolute atomic E-state index is 12.3. The summed E-state index contributed by atoms with van der Waals surface area (Å²) < 4.78 is 0. The molecule has 1 unspecified atom stereocenters. The first-order valence-electron chi connectivity index (χ1n) is 7.80. The third-order valence-electron chi connectivity index (χ3n) is 3.86. The largest absolute Gasteiger partial charge is 0.378 e. The van der Waals surface area contributed by atoms with Gasteiger partial charge < -0.3 is 15.1 Å². The van der Waals surface area contributed by atoms with Crippen molar-refractivity contribution in [2.45, 2.75) is 19.5 Å². The molecule has 0 aliphatic rings. The molecule has 0 heterocycles. The van der Waals surface area contributed by atoms with Gasteiger partial charge in [-0.05, 0) is 30.2 Å². The molecule has 2 aromatic rings. The molecule has 0 spiro atoms. The van der Waals surface area contributed by atoms with Gasteiger partial charge >= 0.3 is 6.03 Å². The van der Waals surface area contributed by atoms with E-state index in [0.29, 0.717) is 6.54 Å². The lowest BCUT2D eigenvalue weighted by molar-refractivity contribution is 0.203. The molecule has 1 atom stereocenters. The monoisotopic (exact) mass is 311 g/mol. The highest BCUT2D eigenvalue weighted by Crippen LogP contribution is 2.14. The molecule has 0 bridgehead atoms. The van der Waals surface area contributed by atoms with Crippen LogP contribution in [-0.2, 0) is 6.54 Å². The van der Waals surface area contributed by atoms with E-state index in [9.17, 15) is 4.79 Å². The fraction of sp³-hybridized carbons (Fsp3) is 0.316. The van der Waals surface area contributed by atoms with Gasteiger partial charge in [0.1, 0.15) is 0 Å². The molecule has 23 heavy (non-hydrogen) atoms. The van der Waals surface area contributed by atoms with Crippen LogP contribution in [0.1, 0.15) is 24.1 Å². The predicted octanol–water partition coefficient (Wildman–Crippen LogP) is 3.66. The van der Waals surface area contributed by atoms with E-state index in [2.05, 4.69) is 34.5 Å². The van der Waals surface area contributed by atoms with E-state index in [-0.39, 0.29) is 12.1 Å². The summed E-state index contributed by atoms with van der Waals surface area (Å²) in [7, 11) is 5.84. The Morgan fingerprint density at radius 3 is 2.17 bits per heavy atom. The third-order valence-corrected chi connectivity index (χ3v) is 3.86. The van der Waals surface area contributed by atoms with Crippen molar-refractivity contribution in [3.8, 4) is 0 Å². The first-order valence-corrected chi connectivity index (χ1v) is 7.80. The minimum absolute atomic E-state index is 0.0118. The lowest BCUT2D eigenvalue weighted by Crippen LogP contribution is -2.38. The second kappa shape index (κ2) is 7.68. The zero-order valence-corrected chi connectivity index (χ0v) is 14.3. The minimum atomic E-state index is -0.0713. The van der Waals surface area contributed by atoms with E-state index in [1.165, 1.54) is 0 Å². The standard InChI is InChI=1S/C19H25N3O/c1-15(17-8-6-5-7-9-17)20-19(23)22(4)14-16-10-12-18(13-11-16)21(2)3/h5-13,15H,14H2,1-4H3,(H,20,23). The Labute approximate surface area is 138 Å². The van der Waals surface area contributed by atoms with Crippen LogP contribution in [0.15, 0.2) is 54.6 Å². The lowest BCUT2D eigenvalue weighted by Gasteiger charge is -2.22. The second-order valence-electron chi connectivity index (χ2n) is 6.00. The molecular formula is C19H25N3O. The number of amides is 2. The first kappa shape index (κ1) is 16.9. The SMILES string of the molecule is CC(NC(=O)N(C)Cc1ccc(N(C)C)cc1)c1ccccc1. The van der Waals surface area contributed by atoms with Gasteiger partial charge in [-0.1, -0.05) is 42.5 Å². The lowest BCUT2D eigenvalue weighted by atomic mass is 10.1. The highest BCUT2D eigenvalue weighted by Gasteiger charge is 2.13. The minimum Gasteiger partial charge on any atom is -0.378 e. The Morgan fingerprint density at radius 1 is 1.00 bits per heavy atom. The molecule has 0 saturated carbocycles. The van der Waals surface area contributed by atoms with Gasteiger partial charge in [-0.25, -0.2) is 4.79 Å². The molecule has 2 amide bonds. The summed E-state index contributed by atoms with van der Waals surface area (Å²) in [5, 5.41) is 3.02. The van der Waals surface area contributed by atoms with Gasteiger partial charge in [0.25, 0.3) is 0 Å². The van der Waals surface area contributed by atoms with Gasteiger partial charge in [-0.3, -0.25) is 0 Å². The van der Waals surface area contributed by atoms with Gasteiger partial charge in [0.05, 0.1) is 6.04 Å². The van der Waals surface area contributed by atoms with Crippen LogP contribution in [0.4, 0.5) is 10.5 Å². The molecule has 2 rings (SSSR count). The Morgan fingerprint density at radius 2 is 1.61 bits per heavy atom. The first-order chi connectivity index (χ1) is 11.0. The number of anilines is 1. The number of nitrogens with one attached hydrogen (secondary N) is 1. The number of carbonyl (C=O) groups excluding carboxylic acids is 1. The molecule has 0 fully saturated rings. The fourth-order valence-electron chi connectivity index (χ4n) is 2.37. The van der Waals surface area contributed by atoms with Crippen molar-refractivity contribution in [3.05, 3.63) is 65.7 Å². The summed E-state index contributed by atoms with van der Waals surface area (Å²) >= 11 is 0. The van der Waals surface area contributed by atoms with E-state index in [0.717, 1.165) is 16.8 Å². The second-order valence-corrected chi connectivity index (χ2v) is 6.00. The van der Waals surface area contributed by atoms with Gasteiger partial charge in [-0.15, -0.1) is 0 Å². The molecule has 122 valence electrons. The topological polar surface area (TPSA) is 35.6 Å². The van der Waals surface area contributed by atoms with Gasteiger partial charge in [-0.2, -0.15) is 0 Å². The highest BCUT2D eigenvalue weighted by atomic mass is 16.2. The molecular weight excluding hydrogens is 286 g/mol. The number of hydrogen-bond donors (Lipinski definition) is 1. The van der Waals surface area contributed by atoms with E-state index in [4.69, 9.17) is 0 Å². The van der Waals surface area contributed by atoms with Crippen molar-refractivity contribution in [3.63, 3.8) is 0 Å². The number of rotatable bonds is 5. The summed E-state index contributed by atoms with van der Waals surface area (Å²) in [6.07, 6.45) is 0. The van der Waals surface area contributed by atoms with Crippen molar-refractivity contribution < 1.29 is 4.79 Å². The molecule has 0 aliphatic heterocycles. The van der Waals surface area contributed by atoms with Crippen LogP contribution in [-0.4, -0.2) is 32.1 Å². The molecule has 0 aliphatic carbocycles. The van der Waals surface area contributed by atoms with Gasteiger partial charge in [0, 0.05) is 33.4 Å². The molecule has 4 heteroatoms. The molecule has 0 saturated heterocycles. The smallest absolute Gasteiger partial charge is 0.317 e. The Kier molecular flexibility index (Phi) is 5.63. The predicted molar refractivity (Wildman–Crippen MR) is 95.6 cm³/mol. The Hall–Kier alpha value is -2.49. The van der Waals surface area contributed by atoms with Crippen LogP contribution in [0.5, 0.6) is 0 Å². The third kappa shape index (κ3) is 4.74. The molecule has 2 aromatic carbocycles. The van der Waals surface area contributed by atoms with Crippen LogP contribution in [0.2, 0.25) is 0 Å². The zero-order chi connectivity index (χ0) is 16.8. The van der Waals surface area contributed by atoms with Crippen LogP contribution in [0.3, 0.4) is 0 Å². The number of urea groups is 1. The van der Waals surface area contributed by atoms with E-state index in [1.807, 2.05) is 58.4 Å². The van der Waals surface area contributed by atoms with Crippen LogP contribution < -0.4 is 10.2 Å². The summed E-state index contributed by atoms with van der Waals surface area (Å²) in [4.78, 5) is 16.1. The van der Waals surface area contributed by atoms with E-state index in [1.54, 1.807) is 4.90 Å². The fourth-order valence-corrected chi connectivity index (χ4v) is 2.37. The summed E-state index contributed by atoms with van der Waals surface area (Å²) in [6, 6.07) is 18.1. The van der Waals surface area contributed by atoms with Gasteiger partial charge in [0.15, 0.2) is 0 Å². The zero-order valence-electron chi connectivity index (χ0n) is 14.3. The maximum Gasteiger partial charge on any atom is 0.317 e. The Balaban J connectivity index is 1.92. The van der Waals surface area contributed by atoms with Crippen LogP contribution >= 0.6 is 0 Å². The number of carbonyl (C=O) groups is 1. The van der Waals surface area contributed by atoms with E-state index < -0.39 is 0 Å². The Bertz CT molecular complexity index is 623. The molecule has 0 radical (unpaired) electrons. The van der Waals surface area contributed by atoms with Crippen molar-refractivity contribution in [2.75, 3.05) is 26.0 Å². The normalized spacial score (nSPS) is 11.7. The average molecular weight is 311 g/mol. The van der Waals surface area contributed by atoms with Gasteiger partial charge in [0.2, 0.25) is 0 Å². The summed E-state index contributed by atoms with van der Waals surface area (Å²) in [5.74, 6) is 0. The van der Waals surface area contributed by atoms with Crippen molar-refractivity contribution >= 4 is 11.7 Å². The number of nitrogens with zero attached hydrogens (tertiary/aromatic N) is 2. The van der Waals surface area contributed by atoms with Crippen molar-refractivity contribution in [1.82, 2.24) is 10.2 Å². The quantitative estimate of drug-likeness (QED) is 0.915. The highest BCUT2D eigenvalue weighted by molar-refractivity contribution is 5.74. The van der Waals surface area contributed by atoms with E-state index >= 15 is 0 Å². The summed E-state index contributed by atoms with van der Waals surface area (Å²) in [6.45, 7) is 2.58. The molecule has 4 nitrogen and oxygen atoms in total. The van der Waals surface area contributed by atoms with Crippen molar-refractivity contribution in [2.24, 2.45) is 0 Å². The number of hydrogen-bond acceptors (Lipinski definition) is 2.